The molecule has 0 aromatic heterocycles. The summed E-state index contributed by atoms with van der Waals surface area (Å²) in [5, 5.41) is 3.29. The lowest BCUT2D eigenvalue weighted by Gasteiger charge is -2.20. The Balaban J connectivity index is 3.31. The van der Waals surface area contributed by atoms with E-state index in [1.54, 1.807) is 19.0 Å². The first-order valence-corrected chi connectivity index (χ1v) is 6.06. The number of amides is 1. The van der Waals surface area contributed by atoms with Crippen molar-refractivity contribution in [3.63, 3.8) is 0 Å². The first kappa shape index (κ1) is 15.4. The number of carbonyl (C=O) groups excluding carboxylic acids is 1. The third-order valence-electron chi connectivity index (χ3n) is 2.76. The van der Waals surface area contributed by atoms with Crippen molar-refractivity contribution in [2.75, 3.05) is 40.8 Å². The smallest absolute Gasteiger partial charge is 0.223 e. The van der Waals surface area contributed by atoms with Crippen LogP contribution in [0.2, 0.25) is 0 Å². The first-order valence-electron chi connectivity index (χ1n) is 6.06. The molecular weight excluding hydrogens is 202 g/mol. The molecule has 4 nitrogen and oxygen atoms in total. The number of hydrogen-bond acceptors (Lipinski definition) is 3. The fourth-order valence-electron chi connectivity index (χ4n) is 1.26. The predicted molar refractivity (Wildman–Crippen MR) is 68.6 cm³/mol. The molecule has 0 heterocycles. The zero-order valence-electron chi connectivity index (χ0n) is 11.4. The van der Waals surface area contributed by atoms with Crippen LogP contribution in [-0.4, -0.2) is 62.5 Å². The second kappa shape index (κ2) is 8.53. The SMILES string of the molecule is CC(C)N(C)CCCNCCC(=O)N(C)C. The Labute approximate surface area is 100.0 Å². The van der Waals surface area contributed by atoms with Crippen molar-refractivity contribution in [1.82, 2.24) is 15.1 Å². The highest BCUT2D eigenvalue weighted by atomic mass is 16.2. The molecule has 0 spiro atoms. The van der Waals surface area contributed by atoms with Crippen molar-refractivity contribution in [2.24, 2.45) is 0 Å². The zero-order chi connectivity index (χ0) is 12.6. The summed E-state index contributed by atoms with van der Waals surface area (Å²) in [6.45, 7) is 7.26. The zero-order valence-corrected chi connectivity index (χ0v) is 11.4. The van der Waals surface area contributed by atoms with Crippen molar-refractivity contribution in [3.05, 3.63) is 0 Å². The summed E-state index contributed by atoms with van der Waals surface area (Å²) in [6.07, 6.45) is 1.72. The van der Waals surface area contributed by atoms with Gasteiger partial charge in [0.15, 0.2) is 0 Å². The predicted octanol–water partition coefficient (Wildman–Crippen LogP) is 0.785. The normalized spacial score (nSPS) is 11.2. The summed E-state index contributed by atoms with van der Waals surface area (Å²) in [4.78, 5) is 15.2. The molecule has 0 radical (unpaired) electrons. The lowest BCUT2D eigenvalue weighted by molar-refractivity contribution is -0.128. The molecule has 16 heavy (non-hydrogen) atoms. The molecule has 0 aromatic carbocycles. The standard InChI is InChI=1S/C12H27N3O/c1-11(2)15(5)10-6-8-13-9-7-12(16)14(3)4/h11,13H,6-10H2,1-5H3. The average molecular weight is 229 g/mol. The monoisotopic (exact) mass is 229 g/mol. The Morgan fingerprint density at radius 2 is 1.81 bits per heavy atom. The van der Waals surface area contributed by atoms with Crippen LogP contribution in [0.1, 0.15) is 26.7 Å². The van der Waals surface area contributed by atoms with Gasteiger partial charge in [0.25, 0.3) is 0 Å². The van der Waals surface area contributed by atoms with Crippen LogP contribution in [0, 0.1) is 0 Å². The summed E-state index contributed by atoms with van der Waals surface area (Å²) >= 11 is 0. The number of nitrogens with zero attached hydrogens (tertiary/aromatic N) is 2. The van der Waals surface area contributed by atoms with Gasteiger partial charge in [-0.25, -0.2) is 0 Å². The quantitative estimate of drug-likeness (QED) is 0.625. The maximum absolute atomic E-state index is 11.3. The Morgan fingerprint density at radius 3 is 2.31 bits per heavy atom. The number of hydrogen-bond donors (Lipinski definition) is 1. The Kier molecular flexibility index (Phi) is 8.21. The van der Waals surface area contributed by atoms with Crippen LogP contribution < -0.4 is 5.32 Å². The third kappa shape index (κ3) is 7.65. The highest BCUT2D eigenvalue weighted by Crippen LogP contribution is 1.94. The molecule has 4 heteroatoms. The summed E-state index contributed by atoms with van der Waals surface area (Å²) in [5.74, 6) is 0.187. The van der Waals surface area contributed by atoms with Gasteiger partial charge in [0.2, 0.25) is 5.91 Å². The van der Waals surface area contributed by atoms with Gasteiger partial charge in [0, 0.05) is 33.1 Å². The van der Waals surface area contributed by atoms with E-state index in [0.29, 0.717) is 12.5 Å². The summed E-state index contributed by atoms with van der Waals surface area (Å²) in [6, 6.07) is 0.607. The van der Waals surface area contributed by atoms with E-state index in [0.717, 1.165) is 26.1 Å². The van der Waals surface area contributed by atoms with Crippen LogP contribution in [0.4, 0.5) is 0 Å². The molecule has 0 bridgehead atoms. The lowest BCUT2D eigenvalue weighted by Crippen LogP contribution is -2.31. The average Bonchev–Trinajstić information content (AvgIpc) is 2.21. The molecule has 96 valence electrons. The van der Waals surface area contributed by atoms with Gasteiger partial charge >= 0.3 is 0 Å². The van der Waals surface area contributed by atoms with Gasteiger partial charge in [-0.3, -0.25) is 4.79 Å². The molecule has 0 aliphatic heterocycles. The van der Waals surface area contributed by atoms with Gasteiger partial charge in [-0.15, -0.1) is 0 Å². The molecular formula is C12H27N3O. The number of rotatable bonds is 8. The van der Waals surface area contributed by atoms with E-state index >= 15 is 0 Å². The van der Waals surface area contributed by atoms with E-state index in [1.807, 2.05) is 0 Å². The Hall–Kier alpha value is -0.610. The van der Waals surface area contributed by atoms with Crippen molar-refractivity contribution >= 4 is 5.91 Å². The minimum atomic E-state index is 0.187. The van der Waals surface area contributed by atoms with Crippen LogP contribution in [0.15, 0.2) is 0 Å². The minimum Gasteiger partial charge on any atom is -0.349 e. The highest BCUT2D eigenvalue weighted by molar-refractivity contribution is 5.75. The molecule has 0 fully saturated rings. The summed E-state index contributed by atoms with van der Waals surface area (Å²) in [5.41, 5.74) is 0. The first-order chi connectivity index (χ1) is 7.45. The highest BCUT2D eigenvalue weighted by Gasteiger charge is 2.03. The van der Waals surface area contributed by atoms with Crippen molar-refractivity contribution in [3.8, 4) is 0 Å². The number of carbonyl (C=O) groups is 1. The fourth-order valence-corrected chi connectivity index (χ4v) is 1.26. The lowest BCUT2D eigenvalue weighted by atomic mass is 10.3. The third-order valence-corrected chi connectivity index (χ3v) is 2.76. The second-order valence-electron chi connectivity index (χ2n) is 4.72. The Morgan fingerprint density at radius 1 is 1.19 bits per heavy atom. The molecule has 0 aromatic rings. The molecule has 0 aliphatic rings. The molecule has 1 amide bonds. The molecule has 0 rings (SSSR count). The van der Waals surface area contributed by atoms with Crippen molar-refractivity contribution in [1.29, 1.82) is 0 Å². The van der Waals surface area contributed by atoms with Crippen molar-refractivity contribution in [2.45, 2.75) is 32.7 Å². The summed E-state index contributed by atoms with van der Waals surface area (Å²) in [7, 11) is 5.72. The molecule has 0 saturated heterocycles. The van der Waals surface area contributed by atoms with Gasteiger partial charge in [0.05, 0.1) is 0 Å². The van der Waals surface area contributed by atoms with Gasteiger partial charge in [-0.05, 0) is 40.4 Å². The second-order valence-corrected chi connectivity index (χ2v) is 4.72. The van der Waals surface area contributed by atoms with Gasteiger partial charge < -0.3 is 15.1 Å². The van der Waals surface area contributed by atoms with Gasteiger partial charge in [0.1, 0.15) is 0 Å². The molecule has 1 N–H and O–H groups in total. The topological polar surface area (TPSA) is 35.6 Å². The van der Waals surface area contributed by atoms with E-state index in [1.165, 1.54) is 0 Å². The molecule has 0 aliphatic carbocycles. The van der Waals surface area contributed by atoms with Crippen LogP contribution >= 0.6 is 0 Å². The largest absolute Gasteiger partial charge is 0.349 e. The minimum absolute atomic E-state index is 0.187. The van der Waals surface area contributed by atoms with Gasteiger partial charge in [-0.1, -0.05) is 0 Å². The van der Waals surface area contributed by atoms with E-state index in [-0.39, 0.29) is 5.91 Å². The van der Waals surface area contributed by atoms with Crippen LogP contribution in [0.3, 0.4) is 0 Å². The number of nitrogens with one attached hydrogen (secondary N) is 1. The molecule has 0 atom stereocenters. The molecule has 0 saturated carbocycles. The van der Waals surface area contributed by atoms with Crippen LogP contribution in [-0.2, 0) is 4.79 Å². The van der Waals surface area contributed by atoms with Crippen molar-refractivity contribution < 1.29 is 4.79 Å². The summed E-state index contributed by atoms with van der Waals surface area (Å²) < 4.78 is 0. The van der Waals surface area contributed by atoms with Crippen LogP contribution in [0.5, 0.6) is 0 Å². The van der Waals surface area contributed by atoms with E-state index in [2.05, 4.69) is 31.1 Å². The fraction of sp³-hybridized carbons (Fsp3) is 0.917. The van der Waals surface area contributed by atoms with E-state index < -0.39 is 0 Å². The van der Waals surface area contributed by atoms with E-state index in [9.17, 15) is 4.79 Å². The molecule has 0 unspecified atom stereocenters. The maximum Gasteiger partial charge on any atom is 0.223 e. The van der Waals surface area contributed by atoms with E-state index in [4.69, 9.17) is 0 Å². The van der Waals surface area contributed by atoms with Crippen LogP contribution in [0.25, 0.3) is 0 Å². The Bertz CT molecular complexity index is 193. The maximum atomic E-state index is 11.3. The van der Waals surface area contributed by atoms with Gasteiger partial charge in [-0.2, -0.15) is 0 Å².